The number of hydrogen-bond acceptors (Lipinski definition) is 4. The molecule has 1 rings (SSSR count). The maximum atomic E-state index is 11.0. The maximum absolute atomic E-state index is 11.0. The number of ether oxygens (including phenoxy) is 1. The zero-order chi connectivity index (χ0) is 13.8. The van der Waals surface area contributed by atoms with Gasteiger partial charge in [-0.3, -0.25) is 4.79 Å². The highest BCUT2D eigenvalue weighted by atomic mass is 32.2. The summed E-state index contributed by atoms with van der Waals surface area (Å²) in [6.07, 6.45) is 0. The summed E-state index contributed by atoms with van der Waals surface area (Å²) in [5.41, 5.74) is 5.73. The van der Waals surface area contributed by atoms with Gasteiger partial charge in [0.2, 0.25) is 0 Å². The van der Waals surface area contributed by atoms with Gasteiger partial charge in [0.1, 0.15) is 5.75 Å². The van der Waals surface area contributed by atoms with Gasteiger partial charge in [-0.2, -0.15) is 0 Å². The molecule has 0 bridgehead atoms. The van der Waals surface area contributed by atoms with E-state index >= 15 is 0 Å². The molecule has 3 N–H and O–H groups in total. The van der Waals surface area contributed by atoms with Gasteiger partial charge in [0.15, 0.2) is 0 Å². The van der Waals surface area contributed by atoms with Gasteiger partial charge < -0.3 is 15.6 Å². The summed E-state index contributed by atoms with van der Waals surface area (Å²) < 4.78 is 5.40. The first-order chi connectivity index (χ1) is 8.36. The number of carboxylic acid groups (broad SMARTS) is 1. The summed E-state index contributed by atoms with van der Waals surface area (Å²) in [5.74, 6) is 0.402. The molecule has 0 saturated carbocycles. The van der Waals surface area contributed by atoms with Crippen LogP contribution in [0.15, 0.2) is 23.1 Å². The summed E-state index contributed by atoms with van der Waals surface area (Å²) in [5, 5.41) is 9.06. The molecule has 0 fully saturated rings. The largest absolute Gasteiger partial charge is 0.494 e. The van der Waals surface area contributed by atoms with Gasteiger partial charge >= 0.3 is 5.97 Å². The van der Waals surface area contributed by atoms with Crippen molar-refractivity contribution in [2.75, 3.05) is 18.1 Å². The molecule has 0 heterocycles. The van der Waals surface area contributed by atoms with Crippen LogP contribution < -0.4 is 10.5 Å². The minimum atomic E-state index is -0.811. The Morgan fingerprint density at radius 3 is 2.72 bits per heavy atom. The monoisotopic (exact) mass is 269 g/mol. The molecule has 4 nitrogen and oxygen atoms in total. The molecular formula is C13H19NO3S. The van der Waals surface area contributed by atoms with Crippen LogP contribution in [0, 0.1) is 5.41 Å². The first-order valence-corrected chi connectivity index (χ1v) is 6.74. The predicted molar refractivity (Wildman–Crippen MR) is 74.2 cm³/mol. The third-order valence-corrected chi connectivity index (χ3v) is 3.99. The molecule has 0 unspecified atom stereocenters. The molecule has 0 aromatic heterocycles. The second kappa shape index (κ2) is 6.00. The van der Waals surface area contributed by atoms with Gasteiger partial charge in [-0.15, -0.1) is 11.8 Å². The lowest BCUT2D eigenvalue weighted by atomic mass is 9.97. The van der Waals surface area contributed by atoms with E-state index in [-0.39, 0.29) is 0 Å². The molecule has 0 aliphatic heterocycles. The molecule has 0 aliphatic carbocycles. The van der Waals surface area contributed by atoms with Crippen LogP contribution in [-0.4, -0.2) is 23.4 Å². The van der Waals surface area contributed by atoms with Crippen LogP contribution in [0.25, 0.3) is 0 Å². The first kappa shape index (κ1) is 14.7. The number of thioether (sulfide) groups is 1. The lowest BCUT2D eigenvalue weighted by molar-refractivity contribution is -0.145. The van der Waals surface area contributed by atoms with Crippen molar-refractivity contribution in [3.63, 3.8) is 0 Å². The number of anilines is 1. The Morgan fingerprint density at radius 1 is 1.50 bits per heavy atom. The standard InChI is InChI=1S/C13H19NO3S/c1-4-17-9-5-6-10(14)11(7-9)18-8-13(2,3)12(15)16/h5-7H,4,8,14H2,1-3H3,(H,15,16). The van der Waals surface area contributed by atoms with Crippen molar-refractivity contribution in [1.29, 1.82) is 0 Å². The van der Waals surface area contributed by atoms with Crippen LogP contribution in [0.5, 0.6) is 5.75 Å². The number of nitrogens with two attached hydrogens (primary N) is 1. The van der Waals surface area contributed by atoms with Crippen LogP contribution in [-0.2, 0) is 4.79 Å². The Kier molecular flexibility index (Phi) is 4.90. The second-order valence-electron chi connectivity index (χ2n) is 4.61. The molecule has 0 radical (unpaired) electrons. The summed E-state index contributed by atoms with van der Waals surface area (Å²) in [4.78, 5) is 11.9. The number of carbonyl (C=O) groups is 1. The molecule has 1 aromatic carbocycles. The zero-order valence-electron chi connectivity index (χ0n) is 10.9. The van der Waals surface area contributed by atoms with E-state index in [4.69, 9.17) is 15.6 Å². The Bertz CT molecular complexity index is 432. The maximum Gasteiger partial charge on any atom is 0.309 e. The lowest BCUT2D eigenvalue weighted by Gasteiger charge is -2.19. The minimum Gasteiger partial charge on any atom is -0.494 e. The van der Waals surface area contributed by atoms with Crippen LogP contribution in [0.1, 0.15) is 20.8 Å². The predicted octanol–water partition coefficient (Wildman–Crippen LogP) is 2.87. The average Bonchev–Trinajstić information content (AvgIpc) is 2.30. The van der Waals surface area contributed by atoms with Gasteiger partial charge in [0, 0.05) is 16.3 Å². The van der Waals surface area contributed by atoms with E-state index in [9.17, 15) is 4.79 Å². The molecule has 5 heteroatoms. The molecule has 18 heavy (non-hydrogen) atoms. The van der Waals surface area contributed by atoms with Gasteiger partial charge in [-0.1, -0.05) is 0 Å². The average molecular weight is 269 g/mol. The highest BCUT2D eigenvalue weighted by molar-refractivity contribution is 7.99. The van der Waals surface area contributed by atoms with E-state index in [0.717, 1.165) is 10.6 Å². The van der Waals surface area contributed by atoms with E-state index in [0.29, 0.717) is 18.0 Å². The number of nitrogen functional groups attached to an aromatic ring is 1. The van der Waals surface area contributed by atoms with Crippen LogP contribution in [0.2, 0.25) is 0 Å². The van der Waals surface area contributed by atoms with E-state index in [1.54, 1.807) is 19.9 Å². The Morgan fingerprint density at radius 2 is 2.17 bits per heavy atom. The summed E-state index contributed by atoms with van der Waals surface area (Å²) >= 11 is 1.44. The molecule has 100 valence electrons. The number of benzene rings is 1. The molecule has 0 spiro atoms. The van der Waals surface area contributed by atoms with Crippen LogP contribution >= 0.6 is 11.8 Å². The van der Waals surface area contributed by atoms with E-state index in [2.05, 4.69) is 0 Å². The highest BCUT2D eigenvalue weighted by Gasteiger charge is 2.27. The number of aliphatic carboxylic acids is 1. The van der Waals surface area contributed by atoms with Crippen molar-refractivity contribution >= 4 is 23.4 Å². The van der Waals surface area contributed by atoms with Crippen molar-refractivity contribution in [1.82, 2.24) is 0 Å². The van der Waals surface area contributed by atoms with Crippen molar-refractivity contribution in [3.05, 3.63) is 18.2 Å². The topological polar surface area (TPSA) is 72.5 Å². The summed E-state index contributed by atoms with van der Waals surface area (Å²) in [6, 6.07) is 5.44. The van der Waals surface area contributed by atoms with Crippen LogP contribution in [0.3, 0.4) is 0 Å². The van der Waals surface area contributed by atoms with E-state index in [1.165, 1.54) is 11.8 Å². The van der Waals surface area contributed by atoms with Crippen molar-refractivity contribution in [3.8, 4) is 5.75 Å². The summed E-state index contributed by atoms with van der Waals surface area (Å²) in [6.45, 7) is 5.90. The quantitative estimate of drug-likeness (QED) is 0.613. The minimum absolute atomic E-state index is 0.460. The molecule has 1 aromatic rings. The van der Waals surface area contributed by atoms with Crippen molar-refractivity contribution in [2.24, 2.45) is 5.41 Å². The first-order valence-electron chi connectivity index (χ1n) is 5.75. The normalized spacial score (nSPS) is 11.3. The van der Waals surface area contributed by atoms with Crippen LogP contribution in [0.4, 0.5) is 5.69 Å². The van der Waals surface area contributed by atoms with Crippen molar-refractivity contribution < 1.29 is 14.6 Å². The molecule has 0 aliphatic rings. The van der Waals surface area contributed by atoms with Gasteiger partial charge in [0.25, 0.3) is 0 Å². The summed E-state index contributed by atoms with van der Waals surface area (Å²) in [7, 11) is 0. The fraction of sp³-hybridized carbons (Fsp3) is 0.462. The van der Waals surface area contributed by atoms with Gasteiger partial charge in [-0.25, -0.2) is 0 Å². The number of rotatable bonds is 6. The van der Waals surface area contributed by atoms with E-state index in [1.807, 2.05) is 19.1 Å². The number of hydrogen-bond donors (Lipinski definition) is 2. The third kappa shape index (κ3) is 3.84. The lowest BCUT2D eigenvalue weighted by Crippen LogP contribution is -2.26. The van der Waals surface area contributed by atoms with Gasteiger partial charge in [-0.05, 0) is 39.0 Å². The Labute approximate surface area is 112 Å². The Balaban J connectivity index is 2.78. The van der Waals surface area contributed by atoms with Gasteiger partial charge in [0.05, 0.1) is 12.0 Å². The Hall–Kier alpha value is -1.36. The van der Waals surface area contributed by atoms with Crippen molar-refractivity contribution in [2.45, 2.75) is 25.7 Å². The zero-order valence-corrected chi connectivity index (χ0v) is 11.7. The SMILES string of the molecule is CCOc1ccc(N)c(SCC(C)(C)C(=O)O)c1. The highest BCUT2D eigenvalue weighted by Crippen LogP contribution is 2.33. The molecule has 0 amide bonds. The van der Waals surface area contributed by atoms with E-state index < -0.39 is 11.4 Å². The third-order valence-electron chi connectivity index (χ3n) is 2.46. The molecular weight excluding hydrogens is 250 g/mol. The fourth-order valence-corrected chi connectivity index (χ4v) is 2.29. The molecule has 0 saturated heterocycles. The number of carboxylic acids is 1. The smallest absolute Gasteiger partial charge is 0.309 e. The fourth-order valence-electron chi connectivity index (χ4n) is 1.22. The second-order valence-corrected chi connectivity index (χ2v) is 5.63. The molecule has 0 atom stereocenters.